The topological polar surface area (TPSA) is 103 Å². The summed E-state index contributed by atoms with van der Waals surface area (Å²) in [6, 6.07) is 12.5. The van der Waals surface area contributed by atoms with E-state index in [-0.39, 0.29) is 16.3 Å². The van der Waals surface area contributed by atoms with Crippen LogP contribution in [0.4, 0.5) is 5.82 Å². The minimum absolute atomic E-state index is 0.0206. The predicted molar refractivity (Wildman–Crippen MR) is 120 cm³/mol. The second kappa shape index (κ2) is 7.68. The largest absolute Gasteiger partial charge is 0.495 e. The number of halogens is 1. The maximum atomic E-state index is 12.9. The molecule has 1 fully saturated rings. The number of fused-ring (bicyclic) bond motifs is 1. The summed E-state index contributed by atoms with van der Waals surface area (Å²) in [6.07, 6.45) is 3.43. The molecule has 4 aromatic rings. The quantitative estimate of drug-likeness (QED) is 0.449. The zero-order valence-corrected chi connectivity index (χ0v) is 18.5. The number of rotatable bonds is 6. The number of ether oxygens (including phenoxy) is 1. The Morgan fingerprint density at radius 1 is 1.16 bits per heavy atom. The lowest BCUT2D eigenvalue weighted by Gasteiger charge is -2.17. The Labute approximate surface area is 188 Å². The molecule has 0 atom stereocenters. The summed E-state index contributed by atoms with van der Waals surface area (Å²) in [5.74, 6) is 1.01. The molecule has 164 valence electrons. The smallest absolute Gasteiger partial charge is 0.263 e. The van der Waals surface area contributed by atoms with Gasteiger partial charge in [0.25, 0.3) is 15.6 Å². The van der Waals surface area contributed by atoms with Gasteiger partial charge in [0.05, 0.1) is 23.2 Å². The molecule has 1 aliphatic carbocycles. The maximum absolute atomic E-state index is 12.9. The lowest BCUT2D eigenvalue weighted by molar-refractivity contribution is 0.412. The molecule has 8 nitrogen and oxygen atoms in total. The highest BCUT2D eigenvalue weighted by Gasteiger charge is 2.28. The van der Waals surface area contributed by atoms with Gasteiger partial charge in [-0.2, -0.15) is 0 Å². The first-order valence-corrected chi connectivity index (χ1v) is 11.7. The van der Waals surface area contributed by atoms with Crippen molar-refractivity contribution in [1.82, 2.24) is 9.72 Å². The van der Waals surface area contributed by atoms with Crippen molar-refractivity contribution >= 4 is 38.3 Å². The Balaban J connectivity index is 1.64. The Hall–Kier alpha value is -3.30. The lowest BCUT2D eigenvalue weighted by atomic mass is 10.1. The predicted octanol–water partition coefficient (Wildman–Crippen LogP) is 4.32. The molecule has 1 aliphatic rings. The molecule has 0 saturated heterocycles. The third kappa shape index (κ3) is 3.63. The Bertz CT molecular complexity index is 1490. The van der Waals surface area contributed by atoms with E-state index in [1.807, 2.05) is 6.07 Å². The van der Waals surface area contributed by atoms with Crippen LogP contribution >= 0.6 is 11.6 Å². The van der Waals surface area contributed by atoms with Crippen molar-refractivity contribution in [2.24, 2.45) is 0 Å². The normalized spacial score (nSPS) is 13.9. The van der Waals surface area contributed by atoms with E-state index >= 15 is 0 Å². The van der Waals surface area contributed by atoms with Gasteiger partial charge in [-0.1, -0.05) is 16.8 Å². The van der Waals surface area contributed by atoms with Crippen molar-refractivity contribution in [1.29, 1.82) is 0 Å². The summed E-state index contributed by atoms with van der Waals surface area (Å²) in [7, 11) is -2.35. The Morgan fingerprint density at radius 3 is 2.66 bits per heavy atom. The first-order valence-electron chi connectivity index (χ1n) is 9.84. The van der Waals surface area contributed by atoms with Crippen LogP contribution in [0.25, 0.3) is 16.6 Å². The number of hydrogen-bond acceptors (Lipinski definition) is 6. The van der Waals surface area contributed by atoms with Gasteiger partial charge in [-0.05, 0) is 60.7 Å². The summed E-state index contributed by atoms with van der Waals surface area (Å²) in [5.41, 5.74) is 1.73. The van der Waals surface area contributed by atoms with Crippen LogP contribution in [0.3, 0.4) is 0 Å². The Morgan fingerprint density at radius 2 is 1.97 bits per heavy atom. The van der Waals surface area contributed by atoms with Crippen LogP contribution in [0.15, 0.2) is 69.0 Å². The van der Waals surface area contributed by atoms with E-state index in [1.165, 1.54) is 35.1 Å². The van der Waals surface area contributed by atoms with Gasteiger partial charge in [0.2, 0.25) is 0 Å². The van der Waals surface area contributed by atoms with Crippen LogP contribution in [-0.2, 0) is 10.0 Å². The number of hydrogen-bond donors (Lipinski definition) is 1. The number of nitrogens with zero attached hydrogens (tertiary/aromatic N) is 2. The van der Waals surface area contributed by atoms with Gasteiger partial charge < -0.3 is 9.26 Å². The van der Waals surface area contributed by atoms with E-state index in [2.05, 4.69) is 14.4 Å². The second-order valence-corrected chi connectivity index (χ2v) is 9.63. The third-order valence-corrected chi connectivity index (χ3v) is 7.09. The van der Waals surface area contributed by atoms with E-state index < -0.39 is 10.0 Å². The summed E-state index contributed by atoms with van der Waals surface area (Å²) in [5, 5.41) is 4.69. The highest BCUT2D eigenvalue weighted by atomic mass is 35.5. The maximum Gasteiger partial charge on any atom is 0.263 e. The molecule has 2 aromatic heterocycles. The molecule has 2 heterocycles. The van der Waals surface area contributed by atoms with Gasteiger partial charge in [-0.25, -0.2) is 8.42 Å². The van der Waals surface area contributed by atoms with Crippen molar-refractivity contribution in [3.05, 3.63) is 75.7 Å². The van der Waals surface area contributed by atoms with E-state index in [9.17, 15) is 13.2 Å². The number of methoxy groups -OCH3 is 1. The first-order chi connectivity index (χ1) is 15.4. The van der Waals surface area contributed by atoms with Crippen molar-refractivity contribution in [2.75, 3.05) is 11.8 Å². The highest BCUT2D eigenvalue weighted by molar-refractivity contribution is 7.92. The molecule has 0 bridgehead atoms. The van der Waals surface area contributed by atoms with Gasteiger partial charge in [-0.15, -0.1) is 0 Å². The molecule has 2 aromatic carbocycles. The van der Waals surface area contributed by atoms with Crippen molar-refractivity contribution < 1.29 is 17.7 Å². The number of benzene rings is 2. The minimum atomic E-state index is -3.90. The van der Waals surface area contributed by atoms with E-state index in [0.29, 0.717) is 33.3 Å². The van der Waals surface area contributed by atoms with E-state index in [0.717, 1.165) is 18.4 Å². The van der Waals surface area contributed by atoms with Gasteiger partial charge in [0.1, 0.15) is 12.0 Å². The standard InChI is InChI=1S/C22H18ClN3O5S/c1-30-20-11-16(13-2-3-13)17(23)12-19(20)26-18-6-5-15(10-14(18)4-7-22(26)27)32(28,29)25-21-8-9-31-24-21/h4-13H,2-3H2,1H3,(H,24,25). The Kier molecular flexibility index (Phi) is 4.94. The molecule has 0 radical (unpaired) electrons. The number of pyridine rings is 1. The molecular formula is C22H18ClN3O5S. The van der Waals surface area contributed by atoms with Crippen LogP contribution in [0.1, 0.15) is 24.3 Å². The van der Waals surface area contributed by atoms with Crippen molar-refractivity contribution in [3.63, 3.8) is 0 Å². The second-order valence-electron chi connectivity index (χ2n) is 7.54. The van der Waals surface area contributed by atoms with Gasteiger partial charge in [0, 0.05) is 22.5 Å². The summed E-state index contributed by atoms with van der Waals surface area (Å²) in [4.78, 5) is 12.9. The molecule has 1 N–H and O–H groups in total. The van der Waals surface area contributed by atoms with Crippen LogP contribution < -0.4 is 15.0 Å². The van der Waals surface area contributed by atoms with Crippen LogP contribution in [0.5, 0.6) is 5.75 Å². The first kappa shape index (κ1) is 20.6. The van der Waals surface area contributed by atoms with Gasteiger partial charge >= 0.3 is 0 Å². The van der Waals surface area contributed by atoms with E-state index in [1.54, 1.807) is 25.3 Å². The molecular weight excluding hydrogens is 454 g/mol. The molecule has 1 saturated carbocycles. The summed E-state index contributed by atoms with van der Waals surface area (Å²) < 4.78 is 39.5. The van der Waals surface area contributed by atoms with E-state index in [4.69, 9.17) is 16.3 Å². The third-order valence-electron chi connectivity index (χ3n) is 5.41. The fourth-order valence-electron chi connectivity index (χ4n) is 3.71. The van der Waals surface area contributed by atoms with Crippen LogP contribution in [-0.4, -0.2) is 25.3 Å². The minimum Gasteiger partial charge on any atom is -0.495 e. The number of anilines is 1. The number of aromatic nitrogens is 2. The number of nitrogens with one attached hydrogen (secondary N) is 1. The fourth-order valence-corrected chi connectivity index (χ4v) is 5.05. The molecule has 32 heavy (non-hydrogen) atoms. The average molecular weight is 472 g/mol. The van der Waals surface area contributed by atoms with Gasteiger partial charge in [0.15, 0.2) is 5.82 Å². The average Bonchev–Trinajstić information content (AvgIpc) is 3.49. The van der Waals surface area contributed by atoms with Crippen LogP contribution in [0, 0.1) is 0 Å². The van der Waals surface area contributed by atoms with Crippen molar-refractivity contribution in [2.45, 2.75) is 23.7 Å². The summed E-state index contributed by atoms with van der Waals surface area (Å²) >= 11 is 6.53. The van der Waals surface area contributed by atoms with Crippen molar-refractivity contribution in [3.8, 4) is 11.4 Å². The molecule has 5 rings (SSSR count). The van der Waals surface area contributed by atoms with Gasteiger partial charge in [-0.3, -0.25) is 14.1 Å². The SMILES string of the molecule is COc1cc(C2CC2)c(Cl)cc1-n1c(=O)ccc2cc(S(=O)(=O)Nc3ccon3)ccc21. The summed E-state index contributed by atoms with van der Waals surface area (Å²) in [6.45, 7) is 0. The highest BCUT2D eigenvalue weighted by Crippen LogP contribution is 2.45. The number of sulfonamides is 1. The molecule has 0 amide bonds. The molecule has 10 heteroatoms. The fraction of sp³-hybridized carbons (Fsp3) is 0.182. The molecule has 0 spiro atoms. The molecule has 0 unspecified atom stereocenters. The molecule has 0 aliphatic heterocycles. The lowest BCUT2D eigenvalue weighted by Crippen LogP contribution is -2.19. The van der Waals surface area contributed by atoms with Crippen LogP contribution in [0.2, 0.25) is 5.02 Å². The monoisotopic (exact) mass is 471 g/mol. The zero-order chi connectivity index (χ0) is 22.5. The zero-order valence-electron chi connectivity index (χ0n) is 16.9.